The third-order valence-electron chi connectivity index (χ3n) is 3.15. The molecule has 2 aromatic carbocycles. The highest BCUT2D eigenvalue weighted by molar-refractivity contribution is 9.10. The van der Waals surface area contributed by atoms with Crippen LogP contribution in [0.25, 0.3) is 11.1 Å². The molecule has 3 nitrogen and oxygen atoms in total. The Bertz CT molecular complexity index is 757. The van der Waals surface area contributed by atoms with E-state index >= 15 is 0 Å². The summed E-state index contributed by atoms with van der Waals surface area (Å²) in [6.07, 6.45) is 1.73. The topological polar surface area (TPSA) is 50.9 Å². The third-order valence-corrected chi connectivity index (χ3v) is 3.58. The standard InChI is InChI=1S/C17H14BrN3/c18-13-10-15(19)17(20-11-13)21-16-9-5-4-8-14(16)12-6-2-1-3-7-12/h1-11H,19H2,(H,20,21). The second-order valence-corrected chi connectivity index (χ2v) is 5.54. The first-order chi connectivity index (χ1) is 10.2. The lowest BCUT2D eigenvalue weighted by molar-refractivity contribution is 1.30. The van der Waals surface area contributed by atoms with Crippen molar-refractivity contribution in [3.63, 3.8) is 0 Å². The average molecular weight is 340 g/mol. The van der Waals surface area contributed by atoms with Crippen LogP contribution in [0.3, 0.4) is 0 Å². The van der Waals surface area contributed by atoms with Crippen LogP contribution < -0.4 is 11.1 Å². The fraction of sp³-hybridized carbons (Fsp3) is 0. The molecule has 0 fully saturated rings. The van der Waals surface area contributed by atoms with Crippen LogP contribution in [-0.4, -0.2) is 4.98 Å². The number of nitrogens with one attached hydrogen (secondary N) is 1. The molecule has 3 rings (SSSR count). The summed E-state index contributed by atoms with van der Waals surface area (Å²) in [5, 5.41) is 3.31. The molecule has 0 aliphatic carbocycles. The molecule has 104 valence electrons. The lowest BCUT2D eigenvalue weighted by Crippen LogP contribution is -2.00. The molecule has 0 spiro atoms. The molecule has 4 heteroatoms. The number of hydrogen-bond donors (Lipinski definition) is 2. The fourth-order valence-electron chi connectivity index (χ4n) is 2.15. The highest BCUT2D eigenvalue weighted by atomic mass is 79.9. The molecule has 0 saturated carbocycles. The van der Waals surface area contributed by atoms with Crippen LogP contribution in [0.1, 0.15) is 0 Å². The van der Waals surface area contributed by atoms with Crippen LogP contribution in [0.15, 0.2) is 71.3 Å². The minimum absolute atomic E-state index is 0.604. The van der Waals surface area contributed by atoms with Crippen molar-refractivity contribution in [3.8, 4) is 11.1 Å². The molecule has 1 heterocycles. The number of benzene rings is 2. The Balaban J connectivity index is 2.00. The number of hydrogen-bond acceptors (Lipinski definition) is 3. The summed E-state index contributed by atoms with van der Waals surface area (Å²) < 4.78 is 0.863. The van der Waals surface area contributed by atoms with Gasteiger partial charge in [-0.2, -0.15) is 0 Å². The van der Waals surface area contributed by atoms with Crippen LogP contribution >= 0.6 is 15.9 Å². The van der Waals surface area contributed by atoms with E-state index in [1.54, 1.807) is 6.20 Å². The van der Waals surface area contributed by atoms with E-state index in [0.717, 1.165) is 21.3 Å². The first kappa shape index (κ1) is 13.6. The smallest absolute Gasteiger partial charge is 0.153 e. The molecule has 0 bridgehead atoms. The van der Waals surface area contributed by atoms with Crippen molar-refractivity contribution in [1.82, 2.24) is 4.98 Å². The van der Waals surface area contributed by atoms with Crippen molar-refractivity contribution in [2.24, 2.45) is 0 Å². The van der Waals surface area contributed by atoms with Gasteiger partial charge >= 0.3 is 0 Å². The molecule has 0 radical (unpaired) electrons. The number of para-hydroxylation sites is 1. The molecule has 3 N–H and O–H groups in total. The number of halogens is 1. The molecular weight excluding hydrogens is 326 g/mol. The van der Waals surface area contributed by atoms with Gasteiger partial charge in [0, 0.05) is 21.9 Å². The lowest BCUT2D eigenvalue weighted by Gasteiger charge is -2.13. The molecule has 0 unspecified atom stereocenters. The van der Waals surface area contributed by atoms with Crippen molar-refractivity contribution in [1.29, 1.82) is 0 Å². The van der Waals surface area contributed by atoms with Gasteiger partial charge in [0.1, 0.15) is 0 Å². The van der Waals surface area contributed by atoms with Gasteiger partial charge in [-0.05, 0) is 33.6 Å². The van der Waals surface area contributed by atoms with Crippen molar-refractivity contribution in [2.75, 3.05) is 11.1 Å². The number of aromatic nitrogens is 1. The van der Waals surface area contributed by atoms with E-state index < -0.39 is 0 Å². The summed E-state index contributed by atoms with van der Waals surface area (Å²) in [7, 11) is 0. The van der Waals surface area contributed by atoms with Crippen molar-refractivity contribution in [3.05, 3.63) is 71.3 Å². The summed E-state index contributed by atoms with van der Waals surface area (Å²) in [5.41, 5.74) is 9.85. The zero-order chi connectivity index (χ0) is 14.7. The summed E-state index contributed by atoms with van der Waals surface area (Å²) in [5.74, 6) is 0.654. The zero-order valence-electron chi connectivity index (χ0n) is 11.3. The van der Waals surface area contributed by atoms with E-state index in [1.807, 2.05) is 42.5 Å². The second kappa shape index (κ2) is 5.97. The van der Waals surface area contributed by atoms with Crippen LogP contribution in [-0.2, 0) is 0 Å². The predicted molar refractivity (Wildman–Crippen MR) is 91.5 cm³/mol. The second-order valence-electron chi connectivity index (χ2n) is 4.63. The highest BCUT2D eigenvalue weighted by Crippen LogP contribution is 2.31. The Morgan fingerprint density at radius 1 is 0.952 bits per heavy atom. The molecule has 0 atom stereocenters. The number of nitrogen functional groups attached to an aromatic ring is 1. The van der Waals surface area contributed by atoms with Crippen molar-refractivity contribution < 1.29 is 0 Å². The van der Waals surface area contributed by atoms with Gasteiger partial charge in [0.25, 0.3) is 0 Å². The summed E-state index contributed by atoms with van der Waals surface area (Å²) in [4.78, 5) is 4.32. The quantitative estimate of drug-likeness (QED) is 0.717. The molecule has 0 aliphatic heterocycles. The fourth-order valence-corrected chi connectivity index (χ4v) is 2.50. The monoisotopic (exact) mass is 339 g/mol. The SMILES string of the molecule is Nc1cc(Br)cnc1Nc1ccccc1-c1ccccc1. The van der Waals surface area contributed by atoms with Crippen LogP contribution in [0.5, 0.6) is 0 Å². The Morgan fingerprint density at radius 2 is 1.67 bits per heavy atom. The summed E-state index contributed by atoms with van der Waals surface area (Å²) in [6.45, 7) is 0. The first-order valence-corrected chi connectivity index (χ1v) is 7.36. The molecule has 0 saturated heterocycles. The number of nitrogens with zero attached hydrogens (tertiary/aromatic N) is 1. The molecule has 0 amide bonds. The van der Waals surface area contributed by atoms with E-state index in [1.165, 1.54) is 0 Å². The van der Waals surface area contributed by atoms with E-state index in [0.29, 0.717) is 11.5 Å². The Labute approximate surface area is 132 Å². The van der Waals surface area contributed by atoms with E-state index in [-0.39, 0.29) is 0 Å². The van der Waals surface area contributed by atoms with Crippen LogP contribution in [0.4, 0.5) is 17.2 Å². The average Bonchev–Trinajstić information content (AvgIpc) is 2.51. The van der Waals surface area contributed by atoms with Gasteiger partial charge in [0.05, 0.1) is 5.69 Å². The normalized spacial score (nSPS) is 10.3. The van der Waals surface area contributed by atoms with Crippen LogP contribution in [0, 0.1) is 0 Å². The molecule has 21 heavy (non-hydrogen) atoms. The van der Waals surface area contributed by atoms with Gasteiger partial charge < -0.3 is 11.1 Å². The summed E-state index contributed by atoms with van der Waals surface area (Å²) in [6, 6.07) is 20.2. The van der Waals surface area contributed by atoms with Gasteiger partial charge in [-0.3, -0.25) is 0 Å². The lowest BCUT2D eigenvalue weighted by atomic mass is 10.0. The van der Waals surface area contributed by atoms with Gasteiger partial charge in [-0.15, -0.1) is 0 Å². The van der Waals surface area contributed by atoms with E-state index in [9.17, 15) is 0 Å². The number of nitrogens with two attached hydrogens (primary N) is 1. The minimum Gasteiger partial charge on any atom is -0.396 e. The molecule has 3 aromatic rings. The Morgan fingerprint density at radius 3 is 2.43 bits per heavy atom. The third kappa shape index (κ3) is 3.06. The minimum atomic E-state index is 0.604. The number of rotatable bonds is 3. The molecular formula is C17H14BrN3. The summed E-state index contributed by atoms with van der Waals surface area (Å²) >= 11 is 3.36. The first-order valence-electron chi connectivity index (χ1n) is 6.56. The maximum Gasteiger partial charge on any atom is 0.153 e. The Kier molecular flexibility index (Phi) is 3.88. The van der Waals surface area contributed by atoms with Crippen molar-refractivity contribution >= 4 is 33.1 Å². The molecule has 0 aliphatic rings. The van der Waals surface area contributed by atoms with Crippen LogP contribution in [0.2, 0.25) is 0 Å². The maximum atomic E-state index is 6.00. The Hall–Kier alpha value is -2.33. The van der Waals surface area contributed by atoms with Gasteiger partial charge in [0.15, 0.2) is 5.82 Å². The molecule has 1 aromatic heterocycles. The highest BCUT2D eigenvalue weighted by Gasteiger charge is 2.07. The zero-order valence-corrected chi connectivity index (χ0v) is 12.8. The number of anilines is 3. The van der Waals surface area contributed by atoms with Crippen molar-refractivity contribution in [2.45, 2.75) is 0 Å². The largest absolute Gasteiger partial charge is 0.396 e. The van der Waals surface area contributed by atoms with Gasteiger partial charge in [-0.1, -0.05) is 48.5 Å². The van der Waals surface area contributed by atoms with Gasteiger partial charge in [-0.25, -0.2) is 4.98 Å². The van der Waals surface area contributed by atoms with E-state index in [4.69, 9.17) is 5.73 Å². The van der Waals surface area contributed by atoms with Gasteiger partial charge in [0.2, 0.25) is 0 Å². The predicted octanol–water partition coefficient (Wildman–Crippen LogP) is 4.84. The van der Waals surface area contributed by atoms with E-state index in [2.05, 4.69) is 44.4 Å². The number of pyridine rings is 1. The maximum absolute atomic E-state index is 6.00.